The molecule has 0 radical (unpaired) electrons. The van der Waals surface area contributed by atoms with E-state index in [-0.39, 0.29) is 42.4 Å². The van der Waals surface area contributed by atoms with Gasteiger partial charge in [-0.1, -0.05) is 0 Å². The van der Waals surface area contributed by atoms with Gasteiger partial charge in [-0.25, -0.2) is 13.2 Å². The number of carbonyl (C=O) groups excluding carboxylic acids is 1. The Morgan fingerprint density at radius 3 is 2.74 bits per heavy atom. The fraction of sp³-hybridized carbons (Fsp3) is 0.429. The minimum absolute atomic E-state index is 0.0785. The highest BCUT2D eigenvalue weighted by Gasteiger charge is 2.47. The molecule has 2 aliphatic heterocycles. The monoisotopic (exact) mass is 338 g/mol. The maximum absolute atomic E-state index is 12.8. The first-order valence-electron chi connectivity index (χ1n) is 7.14. The quantitative estimate of drug-likeness (QED) is 0.711. The van der Waals surface area contributed by atoms with Crippen molar-refractivity contribution >= 4 is 27.1 Å². The van der Waals surface area contributed by atoms with Gasteiger partial charge in [0.2, 0.25) is 10.0 Å². The van der Waals surface area contributed by atoms with E-state index in [1.165, 1.54) is 34.1 Å². The van der Waals surface area contributed by atoms with Gasteiger partial charge in [-0.2, -0.15) is 4.31 Å². The molecule has 1 aromatic carbocycles. The molecule has 0 N–H and O–H groups in total. The van der Waals surface area contributed by atoms with Crippen LogP contribution in [0.2, 0.25) is 0 Å². The minimum atomic E-state index is -3.73. The number of aromatic nitrogens is 1. The number of cyclic esters (lactones) is 1. The molecule has 2 aliphatic rings. The van der Waals surface area contributed by atoms with E-state index in [0.717, 1.165) is 0 Å². The molecule has 0 amide bonds. The summed E-state index contributed by atoms with van der Waals surface area (Å²) in [5.74, 6) is -1.35. The van der Waals surface area contributed by atoms with Crippen LogP contribution in [0.4, 0.5) is 0 Å². The zero-order chi connectivity index (χ0) is 16.4. The standard InChI is InChI=1S/C14H14N2O6S/c1-15-11-4-9(2-3-12(11)22-14(15)18)23(19,20)16-5-8-7-21-13(17)10(8)6-16/h2-4,8,10H,5-7H2,1H3/t8-,10-/m1/s1. The number of esters is 1. The van der Waals surface area contributed by atoms with Gasteiger partial charge in [-0.05, 0) is 18.2 Å². The lowest BCUT2D eigenvalue weighted by molar-refractivity contribution is -0.141. The van der Waals surface area contributed by atoms with Crippen LogP contribution in [0.15, 0.2) is 32.3 Å². The number of sulfonamides is 1. The van der Waals surface area contributed by atoms with Gasteiger partial charge >= 0.3 is 11.7 Å². The summed E-state index contributed by atoms with van der Waals surface area (Å²) in [6.45, 7) is 0.667. The van der Waals surface area contributed by atoms with Crippen LogP contribution >= 0.6 is 0 Å². The number of fused-ring (bicyclic) bond motifs is 2. The summed E-state index contributed by atoms with van der Waals surface area (Å²) in [7, 11) is -2.22. The van der Waals surface area contributed by atoms with Gasteiger partial charge in [0.05, 0.1) is 22.9 Å². The summed E-state index contributed by atoms with van der Waals surface area (Å²) in [5, 5.41) is 0. The van der Waals surface area contributed by atoms with E-state index in [4.69, 9.17) is 9.15 Å². The van der Waals surface area contributed by atoms with Crippen LogP contribution in [0.5, 0.6) is 0 Å². The van der Waals surface area contributed by atoms with E-state index in [2.05, 4.69) is 0 Å². The maximum atomic E-state index is 12.8. The lowest BCUT2D eigenvalue weighted by atomic mass is 10.0. The summed E-state index contributed by atoms with van der Waals surface area (Å²) >= 11 is 0. The van der Waals surface area contributed by atoms with Crippen molar-refractivity contribution in [1.29, 1.82) is 0 Å². The Hall–Kier alpha value is -2.13. The van der Waals surface area contributed by atoms with Crippen molar-refractivity contribution in [2.75, 3.05) is 19.7 Å². The third-order valence-corrected chi connectivity index (χ3v) is 6.38. The van der Waals surface area contributed by atoms with Crippen molar-refractivity contribution < 1.29 is 22.4 Å². The molecule has 2 fully saturated rings. The zero-order valence-corrected chi connectivity index (χ0v) is 13.1. The Balaban J connectivity index is 1.73. The molecule has 23 heavy (non-hydrogen) atoms. The highest BCUT2D eigenvalue weighted by Crippen LogP contribution is 2.34. The fourth-order valence-electron chi connectivity index (χ4n) is 3.18. The van der Waals surface area contributed by atoms with E-state index in [9.17, 15) is 18.0 Å². The molecular weight excluding hydrogens is 324 g/mol. The molecule has 3 heterocycles. The van der Waals surface area contributed by atoms with Gasteiger partial charge in [-0.15, -0.1) is 0 Å². The summed E-state index contributed by atoms with van der Waals surface area (Å²) in [5.41, 5.74) is 0.744. The second kappa shape index (κ2) is 4.68. The zero-order valence-electron chi connectivity index (χ0n) is 12.3. The second-order valence-corrected chi connectivity index (χ2v) is 7.81. The van der Waals surface area contributed by atoms with Crippen LogP contribution in [-0.2, 0) is 26.6 Å². The Bertz CT molecular complexity index is 973. The third kappa shape index (κ3) is 2.03. The average molecular weight is 338 g/mol. The molecule has 2 saturated heterocycles. The first kappa shape index (κ1) is 14.5. The summed E-state index contributed by atoms with van der Waals surface area (Å²) in [4.78, 5) is 23.2. The Morgan fingerprint density at radius 1 is 1.22 bits per heavy atom. The second-order valence-electron chi connectivity index (χ2n) is 5.88. The normalized spacial score (nSPS) is 25.0. The molecule has 1 aromatic heterocycles. The number of rotatable bonds is 2. The summed E-state index contributed by atoms with van der Waals surface area (Å²) in [6, 6.07) is 4.30. The van der Waals surface area contributed by atoms with Crippen LogP contribution in [0.25, 0.3) is 11.1 Å². The van der Waals surface area contributed by atoms with Gasteiger partial charge in [0.1, 0.15) is 0 Å². The van der Waals surface area contributed by atoms with Crippen LogP contribution in [-0.4, -0.2) is 43.0 Å². The third-order valence-electron chi connectivity index (χ3n) is 4.55. The number of oxazole rings is 1. The molecule has 0 saturated carbocycles. The van der Waals surface area contributed by atoms with Crippen molar-refractivity contribution in [3.63, 3.8) is 0 Å². The molecule has 0 unspecified atom stereocenters. The number of nitrogens with zero attached hydrogens (tertiary/aromatic N) is 2. The average Bonchev–Trinajstić information content (AvgIpc) is 3.16. The van der Waals surface area contributed by atoms with Crippen molar-refractivity contribution in [1.82, 2.24) is 8.87 Å². The predicted molar refractivity (Wildman–Crippen MR) is 78.2 cm³/mol. The number of aryl methyl sites for hydroxylation is 1. The van der Waals surface area contributed by atoms with Gasteiger partial charge in [0, 0.05) is 26.1 Å². The Kier molecular flexibility index (Phi) is 2.94. The lowest BCUT2D eigenvalue weighted by Crippen LogP contribution is -2.31. The van der Waals surface area contributed by atoms with Crippen LogP contribution in [0.3, 0.4) is 0 Å². The van der Waals surface area contributed by atoms with E-state index >= 15 is 0 Å². The topological polar surface area (TPSA) is 98.8 Å². The van der Waals surface area contributed by atoms with Gasteiger partial charge in [0.25, 0.3) is 0 Å². The SMILES string of the molecule is Cn1c(=O)oc2ccc(S(=O)(=O)N3C[C@@H]4COC(=O)[C@@H]4C3)cc21. The van der Waals surface area contributed by atoms with Gasteiger partial charge in [-0.3, -0.25) is 9.36 Å². The van der Waals surface area contributed by atoms with Crippen LogP contribution < -0.4 is 5.76 Å². The van der Waals surface area contributed by atoms with Gasteiger partial charge < -0.3 is 9.15 Å². The van der Waals surface area contributed by atoms with Crippen molar-refractivity contribution in [3.8, 4) is 0 Å². The highest BCUT2D eigenvalue weighted by atomic mass is 32.2. The van der Waals surface area contributed by atoms with Crippen LogP contribution in [0.1, 0.15) is 0 Å². The first-order valence-corrected chi connectivity index (χ1v) is 8.58. The smallest absolute Gasteiger partial charge is 0.419 e. The number of hydrogen-bond donors (Lipinski definition) is 0. The molecule has 8 nitrogen and oxygen atoms in total. The predicted octanol–water partition coefficient (Wildman–Crippen LogP) is -0.0750. The Morgan fingerprint density at radius 2 is 2.00 bits per heavy atom. The number of hydrogen-bond acceptors (Lipinski definition) is 6. The molecule has 2 atom stereocenters. The molecule has 2 aromatic rings. The number of benzene rings is 1. The summed E-state index contributed by atoms with van der Waals surface area (Å²) in [6.07, 6.45) is 0. The molecule has 0 aliphatic carbocycles. The van der Waals surface area contributed by atoms with E-state index in [1.807, 2.05) is 0 Å². The van der Waals surface area contributed by atoms with Crippen molar-refractivity contribution in [2.24, 2.45) is 18.9 Å². The lowest BCUT2D eigenvalue weighted by Gasteiger charge is -2.17. The molecule has 4 rings (SSSR count). The van der Waals surface area contributed by atoms with Gasteiger partial charge in [0.15, 0.2) is 5.58 Å². The first-order chi connectivity index (χ1) is 10.9. The van der Waals surface area contributed by atoms with E-state index < -0.39 is 15.8 Å². The van der Waals surface area contributed by atoms with E-state index in [1.54, 1.807) is 0 Å². The highest BCUT2D eigenvalue weighted by molar-refractivity contribution is 7.89. The number of ether oxygens (including phenoxy) is 1. The van der Waals surface area contributed by atoms with Crippen molar-refractivity contribution in [2.45, 2.75) is 4.90 Å². The maximum Gasteiger partial charge on any atom is 0.419 e. The molecule has 0 bridgehead atoms. The summed E-state index contributed by atoms with van der Waals surface area (Å²) < 4.78 is 38.1. The minimum Gasteiger partial charge on any atom is -0.465 e. The van der Waals surface area contributed by atoms with E-state index in [0.29, 0.717) is 11.1 Å². The Labute approximate surface area is 131 Å². The van der Waals surface area contributed by atoms with Crippen LogP contribution in [0, 0.1) is 11.8 Å². The largest absolute Gasteiger partial charge is 0.465 e. The molecule has 0 spiro atoms. The van der Waals surface area contributed by atoms with Crippen molar-refractivity contribution in [3.05, 3.63) is 28.7 Å². The molecular formula is C14H14N2O6S. The molecule has 122 valence electrons. The molecule has 9 heteroatoms. The fourth-order valence-corrected chi connectivity index (χ4v) is 4.72. The number of carbonyl (C=O) groups is 1.